The number of aromatic nitrogens is 4. The molecule has 2 aromatic rings. The van der Waals surface area contributed by atoms with Crippen LogP contribution in [0, 0.1) is 5.92 Å². The fourth-order valence-electron chi connectivity index (χ4n) is 2.97. The number of aliphatic hydroxyl groups is 2. The lowest BCUT2D eigenvalue weighted by Crippen LogP contribution is -2.36. The summed E-state index contributed by atoms with van der Waals surface area (Å²) in [6, 6.07) is 0. The van der Waals surface area contributed by atoms with Crippen LogP contribution >= 0.6 is 0 Å². The molecular weight excluding hydrogens is 386 g/mol. The first-order chi connectivity index (χ1) is 13.9. The van der Waals surface area contributed by atoms with Crippen molar-refractivity contribution in [1.82, 2.24) is 19.5 Å². The van der Waals surface area contributed by atoms with Crippen LogP contribution in [0.4, 0.5) is 5.95 Å². The van der Waals surface area contributed by atoms with E-state index >= 15 is 0 Å². The Morgan fingerprint density at radius 2 is 2.21 bits per heavy atom. The lowest BCUT2D eigenvalue weighted by molar-refractivity contribution is -0.118. The van der Waals surface area contributed by atoms with Crippen LogP contribution in [0.5, 0.6) is 0 Å². The van der Waals surface area contributed by atoms with Crippen molar-refractivity contribution in [1.29, 1.82) is 0 Å². The van der Waals surface area contributed by atoms with Gasteiger partial charge in [0.1, 0.15) is 18.3 Å². The van der Waals surface area contributed by atoms with Crippen molar-refractivity contribution >= 4 is 23.0 Å². The number of rotatable bonds is 8. The van der Waals surface area contributed by atoms with E-state index < -0.39 is 36.7 Å². The third-order valence-corrected chi connectivity index (χ3v) is 4.56. The molecule has 0 aliphatic carbocycles. The summed E-state index contributed by atoms with van der Waals surface area (Å²) in [4.78, 5) is 35.1. The Kier molecular flexibility index (Phi) is 6.59. The standard InChI is InChI=1S/C17H25N5O7/c1-8(2)14(25)20-17-19-13-10(15(26)21-17)18-7-22(13)16-12(28-5-4-27-3)11(24)9(6-23)29-16/h7-9,11-12,16,23-24H,4-6H2,1-3H3,(H2,19,20,21,25,26). The second-order valence-corrected chi connectivity index (χ2v) is 6.95. The van der Waals surface area contributed by atoms with Crippen molar-refractivity contribution in [3.05, 3.63) is 16.7 Å². The van der Waals surface area contributed by atoms with Gasteiger partial charge in [-0.1, -0.05) is 13.8 Å². The normalized spacial score (nSPS) is 24.5. The zero-order chi connectivity index (χ0) is 21.1. The molecule has 4 atom stereocenters. The molecule has 1 aliphatic rings. The first-order valence-electron chi connectivity index (χ1n) is 9.20. The molecule has 4 N–H and O–H groups in total. The third kappa shape index (κ3) is 4.31. The summed E-state index contributed by atoms with van der Waals surface area (Å²) in [7, 11) is 1.52. The molecule has 1 saturated heterocycles. The largest absolute Gasteiger partial charge is 0.394 e. The van der Waals surface area contributed by atoms with Crippen LogP contribution in [0.2, 0.25) is 0 Å². The smallest absolute Gasteiger partial charge is 0.280 e. The Morgan fingerprint density at radius 3 is 2.86 bits per heavy atom. The quantitative estimate of drug-likeness (QED) is 0.399. The summed E-state index contributed by atoms with van der Waals surface area (Å²) in [5.74, 6) is -0.651. The van der Waals surface area contributed by atoms with Gasteiger partial charge in [-0.05, 0) is 0 Å². The molecule has 0 spiro atoms. The van der Waals surface area contributed by atoms with Gasteiger partial charge in [0.2, 0.25) is 11.9 Å². The highest BCUT2D eigenvalue weighted by Crippen LogP contribution is 2.33. The molecule has 160 valence electrons. The molecule has 3 rings (SSSR count). The van der Waals surface area contributed by atoms with Gasteiger partial charge < -0.3 is 24.4 Å². The number of ether oxygens (including phenoxy) is 3. The predicted octanol–water partition coefficient (Wildman–Crippen LogP) is -1.00. The zero-order valence-corrected chi connectivity index (χ0v) is 16.4. The predicted molar refractivity (Wildman–Crippen MR) is 100 cm³/mol. The summed E-state index contributed by atoms with van der Waals surface area (Å²) in [5, 5.41) is 22.5. The van der Waals surface area contributed by atoms with Crippen LogP contribution in [0.15, 0.2) is 11.1 Å². The highest BCUT2D eigenvalue weighted by molar-refractivity contribution is 5.91. The first-order valence-corrected chi connectivity index (χ1v) is 9.20. The number of nitrogens with one attached hydrogen (secondary N) is 2. The van der Waals surface area contributed by atoms with Crippen molar-refractivity contribution in [3.8, 4) is 0 Å². The highest BCUT2D eigenvalue weighted by Gasteiger charge is 2.46. The molecule has 2 aromatic heterocycles. The van der Waals surface area contributed by atoms with Gasteiger partial charge in [-0.2, -0.15) is 4.98 Å². The van der Waals surface area contributed by atoms with Gasteiger partial charge in [0.05, 0.1) is 26.1 Å². The first kappa shape index (κ1) is 21.3. The van der Waals surface area contributed by atoms with Crippen LogP contribution in [-0.2, 0) is 19.0 Å². The molecule has 0 aromatic carbocycles. The summed E-state index contributed by atoms with van der Waals surface area (Å²) < 4.78 is 17.8. The van der Waals surface area contributed by atoms with E-state index in [2.05, 4.69) is 20.3 Å². The molecule has 0 saturated carbocycles. The number of methoxy groups -OCH3 is 1. The Balaban J connectivity index is 1.97. The minimum Gasteiger partial charge on any atom is -0.394 e. The average molecular weight is 411 g/mol. The Hall–Kier alpha value is -2.38. The zero-order valence-electron chi connectivity index (χ0n) is 16.4. The number of fused-ring (bicyclic) bond motifs is 1. The van der Waals surface area contributed by atoms with Gasteiger partial charge in [0.15, 0.2) is 17.4 Å². The highest BCUT2D eigenvalue weighted by atomic mass is 16.6. The maximum absolute atomic E-state index is 12.4. The van der Waals surface area contributed by atoms with Gasteiger partial charge in [0, 0.05) is 13.0 Å². The number of hydrogen-bond acceptors (Lipinski definition) is 9. The van der Waals surface area contributed by atoms with E-state index in [1.54, 1.807) is 13.8 Å². The van der Waals surface area contributed by atoms with E-state index in [1.807, 2.05) is 0 Å². The SMILES string of the molecule is COCCOC1C(O)C(CO)OC1n1cnc2c(=O)[nH]c(NC(=O)C(C)C)nc21. The van der Waals surface area contributed by atoms with E-state index in [0.717, 1.165) is 0 Å². The van der Waals surface area contributed by atoms with E-state index in [4.69, 9.17) is 14.2 Å². The number of H-pyrrole nitrogens is 1. The summed E-state index contributed by atoms with van der Waals surface area (Å²) >= 11 is 0. The fourth-order valence-corrected chi connectivity index (χ4v) is 2.97. The minimum atomic E-state index is -1.11. The molecule has 12 nitrogen and oxygen atoms in total. The molecule has 12 heteroatoms. The maximum atomic E-state index is 12.4. The molecule has 0 radical (unpaired) electrons. The maximum Gasteiger partial charge on any atom is 0.280 e. The minimum absolute atomic E-state index is 0.0305. The van der Waals surface area contributed by atoms with Crippen LogP contribution < -0.4 is 10.9 Å². The van der Waals surface area contributed by atoms with Crippen molar-refractivity contribution in [3.63, 3.8) is 0 Å². The van der Waals surface area contributed by atoms with E-state index in [1.165, 1.54) is 18.0 Å². The third-order valence-electron chi connectivity index (χ3n) is 4.56. The van der Waals surface area contributed by atoms with Crippen molar-refractivity contribution < 1.29 is 29.2 Å². The second-order valence-electron chi connectivity index (χ2n) is 6.95. The summed E-state index contributed by atoms with van der Waals surface area (Å²) in [6.45, 7) is 3.49. The monoisotopic (exact) mass is 411 g/mol. The van der Waals surface area contributed by atoms with E-state index in [9.17, 15) is 19.8 Å². The topological polar surface area (TPSA) is 161 Å². The molecule has 1 fully saturated rings. The molecule has 1 amide bonds. The van der Waals surface area contributed by atoms with E-state index in [-0.39, 0.29) is 35.5 Å². The van der Waals surface area contributed by atoms with Crippen LogP contribution in [0.3, 0.4) is 0 Å². The lowest BCUT2D eigenvalue weighted by Gasteiger charge is -2.22. The lowest BCUT2D eigenvalue weighted by atomic mass is 10.1. The number of amides is 1. The van der Waals surface area contributed by atoms with Gasteiger partial charge in [-0.3, -0.25) is 24.5 Å². The van der Waals surface area contributed by atoms with Gasteiger partial charge >= 0.3 is 0 Å². The molecule has 3 heterocycles. The van der Waals surface area contributed by atoms with Crippen molar-refractivity contribution in [2.45, 2.75) is 38.4 Å². The average Bonchev–Trinajstić information content (AvgIpc) is 3.23. The molecular formula is C17H25N5O7. The number of nitrogens with zero attached hydrogens (tertiary/aromatic N) is 3. The Labute approximate surface area is 165 Å². The van der Waals surface area contributed by atoms with Crippen molar-refractivity contribution in [2.24, 2.45) is 5.92 Å². The van der Waals surface area contributed by atoms with Crippen LogP contribution in [0.1, 0.15) is 20.1 Å². The summed E-state index contributed by atoms with van der Waals surface area (Å²) in [5.41, 5.74) is -0.362. The van der Waals surface area contributed by atoms with Crippen molar-refractivity contribution in [2.75, 3.05) is 32.2 Å². The number of carbonyl (C=O) groups excluding carboxylic acids is 1. The second kappa shape index (κ2) is 8.97. The molecule has 4 unspecified atom stereocenters. The number of aromatic amines is 1. The number of carbonyl (C=O) groups is 1. The van der Waals surface area contributed by atoms with Crippen LogP contribution in [0.25, 0.3) is 11.2 Å². The van der Waals surface area contributed by atoms with Gasteiger partial charge in [-0.25, -0.2) is 4.98 Å². The molecule has 1 aliphatic heterocycles. The fraction of sp³-hybridized carbons (Fsp3) is 0.647. The number of aliphatic hydroxyl groups excluding tert-OH is 2. The van der Waals surface area contributed by atoms with E-state index in [0.29, 0.717) is 6.61 Å². The summed E-state index contributed by atoms with van der Waals surface area (Å²) in [6.07, 6.45) is -2.40. The Bertz CT molecular complexity index is 911. The van der Waals surface area contributed by atoms with Gasteiger partial charge in [0.25, 0.3) is 5.56 Å². The molecule has 0 bridgehead atoms. The number of anilines is 1. The number of hydrogen-bond donors (Lipinski definition) is 4. The number of imidazole rings is 1. The van der Waals surface area contributed by atoms with Crippen LogP contribution in [-0.4, -0.2) is 80.9 Å². The Morgan fingerprint density at radius 1 is 1.45 bits per heavy atom. The molecule has 29 heavy (non-hydrogen) atoms. The van der Waals surface area contributed by atoms with Gasteiger partial charge in [-0.15, -0.1) is 0 Å².